The third kappa shape index (κ3) is 2.71. The van der Waals surface area contributed by atoms with Gasteiger partial charge in [-0.15, -0.1) is 0 Å². The molecule has 0 atom stereocenters. The molecule has 0 aliphatic rings. The van der Waals surface area contributed by atoms with Crippen molar-refractivity contribution in [1.29, 1.82) is 0 Å². The van der Waals surface area contributed by atoms with Crippen molar-refractivity contribution in [2.75, 3.05) is 0 Å². The van der Waals surface area contributed by atoms with Crippen LogP contribution < -0.4 is 15.8 Å². The van der Waals surface area contributed by atoms with E-state index in [0.29, 0.717) is 11.3 Å². The van der Waals surface area contributed by atoms with E-state index in [2.05, 4.69) is 14.7 Å². The van der Waals surface area contributed by atoms with Crippen molar-refractivity contribution in [3.8, 4) is 0 Å². The zero-order valence-electron chi connectivity index (χ0n) is 11.1. The van der Waals surface area contributed by atoms with E-state index < -0.39 is 21.1 Å². The molecule has 0 saturated heterocycles. The monoisotopic (exact) mass is 321 g/mol. The number of nitrogens with one attached hydrogen (secondary N) is 3. The molecule has 3 rings (SSSR count). The Morgan fingerprint density at radius 3 is 2.45 bits per heavy atom. The molecule has 0 spiro atoms. The summed E-state index contributed by atoms with van der Waals surface area (Å²) < 4.78 is 31.8. The molecule has 0 radical (unpaired) electrons. The van der Waals surface area contributed by atoms with Crippen molar-refractivity contribution in [2.45, 2.75) is 11.4 Å². The minimum absolute atomic E-state index is 0.00944. The fourth-order valence-corrected chi connectivity index (χ4v) is 2.94. The van der Waals surface area contributed by atoms with Crippen LogP contribution in [0, 0.1) is 0 Å². The van der Waals surface area contributed by atoms with Gasteiger partial charge in [-0.25, -0.2) is 13.1 Å². The Morgan fingerprint density at radius 2 is 1.77 bits per heavy atom. The molecule has 22 heavy (non-hydrogen) atoms. The maximum atomic E-state index is 12.2. The van der Waals surface area contributed by atoms with Crippen LogP contribution in [-0.2, 0) is 16.6 Å². The molecule has 0 amide bonds. The highest BCUT2D eigenvalue weighted by Gasteiger charge is 2.15. The lowest BCUT2D eigenvalue weighted by atomic mass is 10.3. The van der Waals surface area contributed by atoms with Gasteiger partial charge in [0.15, 0.2) is 0 Å². The quantitative estimate of drug-likeness (QED) is 0.596. The standard InChI is InChI=1S/C13H11N3O5S/c17-12-13(18)16-11-6-9(3-4-10(11)15-12)22(19,20)14-7-8-2-1-5-21-8/h1-6,14H,7H2,(H,15,17)(H,16,18). The highest BCUT2D eigenvalue weighted by molar-refractivity contribution is 7.89. The molecule has 2 aromatic heterocycles. The summed E-state index contributed by atoms with van der Waals surface area (Å²) >= 11 is 0. The van der Waals surface area contributed by atoms with Crippen molar-refractivity contribution in [3.05, 3.63) is 63.1 Å². The van der Waals surface area contributed by atoms with Gasteiger partial charge < -0.3 is 14.4 Å². The predicted molar refractivity (Wildman–Crippen MR) is 77.9 cm³/mol. The molecule has 0 saturated carbocycles. The largest absolute Gasteiger partial charge is 0.468 e. The van der Waals surface area contributed by atoms with Gasteiger partial charge in [-0.05, 0) is 30.3 Å². The van der Waals surface area contributed by atoms with E-state index in [4.69, 9.17) is 4.42 Å². The van der Waals surface area contributed by atoms with E-state index in [9.17, 15) is 18.0 Å². The third-order valence-corrected chi connectivity index (χ3v) is 4.42. The lowest BCUT2D eigenvalue weighted by Crippen LogP contribution is -2.29. The second-order valence-corrected chi connectivity index (χ2v) is 6.29. The normalized spacial score (nSPS) is 11.8. The molecule has 3 aromatic rings. The second-order valence-electron chi connectivity index (χ2n) is 4.52. The number of benzene rings is 1. The maximum Gasteiger partial charge on any atom is 0.314 e. The number of hydrogen-bond donors (Lipinski definition) is 3. The summed E-state index contributed by atoms with van der Waals surface area (Å²) in [4.78, 5) is 27.2. The van der Waals surface area contributed by atoms with E-state index in [-0.39, 0.29) is 17.0 Å². The first kappa shape index (κ1) is 14.3. The van der Waals surface area contributed by atoms with Crippen LogP contribution in [0.2, 0.25) is 0 Å². The topological polar surface area (TPSA) is 125 Å². The Bertz CT molecular complexity index is 1030. The number of hydrogen-bond acceptors (Lipinski definition) is 5. The summed E-state index contributed by atoms with van der Waals surface area (Å²) in [5, 5.41) is 0. The minimum Gasteiger partial charge on any atom is -0.468 e. The zero-order valence-corrected chi connectivity index (χ0v) is 11.9. The van der Waals surface area contributed by atoms with Gasteiger partial charge in [-0.1, -0.05) is 0 Å². The molecule has 9 heteroatoms. The maximum absolute atomic E-state index is 12.2. The molecule has 3 N–H and O–H groups in total. The molecule has 8 nitrogen and oxygen atoms in total. The predicted octanol–water partition coefficient (Wildman–Crippen LogP) is 0.288. The second kappa shape index (κ2) is 5.28. The third-order valence-electron chi connectivity index (χ3n) is 3.02. The van der Waals surface area contributed by atoms with Crippen molar-refractivity contribution >= 4 is 21.1 Å². The lowest BCUT2D eigenvalue weighted by molar-refractivity contribution is 0.498. The molecule has 2 heterocycles. The summed E-state index contributed by atoms with van der Waals surface area (Å²) in [6, 6.07) is 7.32. The molecule has 0 fully saturated rings. The average molecular weight is 321 g/mol. The zero-order chi connectivity index (χ0) is 15.7. The van der Waals surface area contributed by atoms with E-state index in [0.717, 1.165) is 0 Å². The number of H-pyrrole nitrogens is 2. The van der Waals surface area contributed by atoms with Gasteiger partial charge in [0.2, 0.25) is 10.0 Å². The molecular weight excluding hydrogens is 310 g/mol. The first-order chi connectivity index (χ1) is 10.5. The Morgan fingerprint density at radius 1 is 1.05 bits per heavy atom. The van der Waals surface area contributed by atoms with Crippen molar-refractivity contribution < 1.29 is 12.8 Å². The van der Waals surface area contributed by atoms with Crippen LogP contribution in [0.1, 0.15) is 5.76 Å². The van der Waals surface area contributed by atoms with Gasteiger partial charge in [-0.2, -0.15) is 0 Å². The van der Waals surface area contributed by atoms with Gasteiger partial charge in [0.1, 0.15) is 5.76 Å². The SMILES string of the molecule is O=c1[nH]c2ccc(S(=O)(=O)NCc3ccco3)cc2[nH]c1=O. The van der Waals surface area contributed by atoms with Gasteiger partial charge in [0.25, 0.3) is 0 Å². The fourth-order valence-electron chi connectivity index (χ4n) is 1.92. The summed E-state index contributed by atoms with van der Waals surface area (Å²) in [5.41, 5.74) is -1.07. The van der Waals surface area contributed by atoms with E-state index >= 15 is 0 Å². The van der Waals surface area contributed by atoms with Crippen LogP contribution >= 0.6 is 0 Å². The van der Waals surface area contributed by atoms with Crippen LogP contribution in [-0.4, -0.2) is 18.4 Å². The number of aromatic nitrogens is 2. The molecule has 1 aromatic carbocycles. The summed E-state index contributed by atoms with van der Waals surface area (Å²) in [6.45, 7) is 0.00944. The summed E-state index contributed by atoms with van der Waals surface area (Å²) in [7, 11) is -3.77. The fraction of sp³-hybridized carbons (Fsp3) is 0.0769. The highest BCUT2D eigenvalue weighted by atomic mass is 32.2. The van der Waals surface area contributed by atoms with E-state index in [1.165, 1.54) is 24.5 Å². The highest BCUT2D eigenvalue weighted by Crippen LogP contribution is 2.14. The molecule has 0 bridgehead atoms. The van der Waals surface area contributed by atoms with E-state index in [1.54, 1.807) is 12.1 Å². The Labute approximate surface area is 123 Å². The number of furan rings is 1. The first-order valence-electron chi connectivity index (χ1n) is 6.24. The number of sulfonamides is 1. The Hall–Kier alpha value is -2.65. The lowest BCUT2D eigenvalue weighted by Gasteiger charge is -2.06. The van der Waals surface area contributed by atoms with Crippen LogP contribution in [0.4, 0.5) is 0 Å². The molecular formula is C13H11N3O5S. The van der Waals surface area contributed by atoms with Gasteiger partial charge in [-0.3, -0.25) is 9.59 Å². The van der Waals surface area contributed by atoms with Crippen LogP contribution in [0.3, 0.4) is 0 Å². The average Bonchev–Trinajstić information content (AvgIpc) is 2.99. The van der Waals surface area contributed by atoms with Crippen LogP contribution in [0.5, 0.6) is 0 Å². The van der Waals surface area contributed by atoms with Crippen molar-refractivity contribution in [2.24, 2.45) is 0 Å². The Balaban J connectivity index is 1.96. The Kier molecular flexibility index (Phi) is 3.43. The molecule has 0 aliphatic heterocycles. The first-order valence-corrected chi connectivity index (χ1v) is 7.72. The molecule has 114 valence electrons. The van der Waals surface area contributed by atoms with Gasteiger partial charge in [0.05, 0.1) is 28.7 Å². The smallest absolute Gasteiger partial charge is 0.314 e. The number of rotatable bonds is 4. The number of fused-ring (bicyclic) bond motifs is 1. The minimum atomic E-state index is -3.77. The van der Waals surface area contributed by atoms with Crippen molar-refractivity contribution in [1.82, 2.24) is 14.7 Å². The molecule has 0 aliphatic carbocycles. The summed E-state index contributed by atoms with van der Waals surface area (Å²) in [6.07, 6.45) is 1.45. The van der Waals surface area contributed by atoms with Crippen LogP contribution in [0.15, 0.2) is 55.5 Å². The molecule has 0 unspecified atom stereocenters. The van der Waals surface area contributed by atoms with Gasteiger partial charge >= 0.3 is 11.1 Å². The summed E-state index contributed by atoms with van der Waals surface area (Å²) in [5.74, 6) is 0.474. The van der Waals surface area contributed by atoms with Gasteiger partial charge in [0, 0.05) is 0 Å². The van der Waals surface area contributed by atoms with Crippen molar-refractivity contribution in [3.63, 3.8) is 0 Å². The van der Waals surface area contributed by atoms with Crippen LogP contribution in [0.25, 0.3) is 11.0 Å². The number of aromatic amines is 2. The van der Waals surface area contributed by atoms with E-state index in [1.807, 2.05) is 0 Å².